The molecule has 1 aliphatic rings. The van der Waals surface area contributed by atoms with Crippen molar-refractivity contribution in [1.29, 1.82) is 0 Å². The first-order valence-corrected chi connectivity index (χ1v) is 5.35. The third-order valence-corrected chi connectivity index (χ3v) is 2.32. The second kappa shape index (κ2) is 5.16. The van der Waals surface area contributed by atoms with Crippen LogP contribution in [-0.4, -0.2) is 26.0 Å². The first-order valence-electron chi connectivity index (χ1n) is 5.35. The maximum atomic E-state index is 11.3. The maximum absolute atomic E-state index is 11.3. The van der Waals surface area contributed by atoms with Crippen molar-refractivity contribution in [3.8, 4) is 0 Å². The molecule has 0 radical (unpaired) electrons. The van der Waals surface area contributed by atoms with Gasteiger partial charge in [-0.3, -0.25) is 0 Å². The summed E-state index contributed by atoms with van der Waals surface area (Å²) in [5.41, 5.74) is 1.25. The molecule has 0 N–H and O–H groups in total. The van der Waals surface area contributed by atoms with E-state index < -0.39 is 19.4 Å². The van der Waals surface area contributed by atoms with Crippen LogP contribution in [0.5, 0.6) is 0 Å². The Labute approximate surface area is 100 Å². The SMILES string of the molecule is C=C(C)C(=O)OC1COB(c2ccccc2)O1. The highest BCUT2D eigenvalue weighted by atomic mass is 16.8. The fourth-order valence-electron chi connectivity index (χ4n) is 1.45. The molecule has 0 spiro atoms. The predicted molar refractivity (Wildman–Crippen MR) is 63.6 cm³/mol. The second-order valence-corrected chi connectivity index (χ2v) is 3.83. The first kappa shape index (κ1) is 11.9. The summed E-state index contributed by atoms with van der Waals surface area (Å²) in [6.45, 7) is 5.33. The van der Waals surface area contributed by atoms with Gasteiger partial charge in [0.25, 0.3) is 0 Å². The lowest BCUT2D eigenvalue weighted by Gasteiger charge is -2.10. The molecule has 0 aromatic heterocycles. The van der Waals surface area contributed by atoms with E-state index in [2.05, 4.69) is 6.58 Å². The zero-order valence-electron chi connectivity index (χ0n) is 9.59. The molecule has 0 amide bonds. The van der Waals surface area contributed by atoms with Gasteiger partial charge in [-0.15, -0.1) is 0 Å². The molecule has 1 aromatic rings. The monoisotopic (exact) mass is 232 g/mol. The average Bonchev–Trinajstić information content (AvgIpc) is 2.78. The van der Waals surface area contributed by atoms with Crippen LogP contribution in [0.1, 0.15) is 6.92 Å². The van der Waals surface area contributed by atoms with Crippen LogP contribution in [0.25, 0.3) is 0 Å². The minimum atomic E-state index is -0.663. The highest BCUT2D eigenvalue weighted by Gasteiger charge is 2.35. The third kappa shape index (κ3) is 2.96. The number of benzene rings is 1. The van der Waals surface area contributed by atoms with E-state index in [1.165, 1.54) is 0 Å². The van der Waals surface area contributed by atoms with Crippen molar-refractivity contribution in [2.45, 2.75) is 13.2 Å². The van der Waals surface area contributed by atoms with Crippen LogP contribution in [0.2, 0.25) is 0 Å². The van der Waals surface area contributed by atoms with Crippen LogP contribution in [-0.2, 0) is 18.8 Å². The van der Waals surface area contributed by atoms with E-state index in [9.17, 15) is 4.79 Å². The Morgan fingerprint density at radius 2 is 2.18 bits per heavy atom. The van der Waals surface area contributed by atoms with Crippen molar-refractivity contribution in [3.05, 3.63) is 42.5 Å². The lowest BCUT2D eigenvalue weighted by Crippen LogP contribution is -2.32. The molecule has 1 saturated heterocycles. The molecule has 1 atom stereocenters. The normalized spacial score (nSPS) is 19.1. The van der Waals surface area contributed by atoms with Crippen LogP contribution in [0, 0.1) is 0 Å². The Bertz CT molecular complexity index is 418. The number of hydrogen-bond acceptors (Lipinski definition) is 4. The van der Waals surface area contributed by atoms with Gasteiger partial charge in [0, 0.05) is 5.57 Å². The van der Waals surface area contributed by atoms with Gasteiger partial charge in [0.05, 0.1) is 6.61 Å². The lowest BCUT2D eigenvalue weighted by atomic mass is 9.80. The van der Waals surface area contributed by atoms with E-state index in [1.807, 2.05) is 30.3 Å². The van der Waals surface area contributed by atoms with Crippen molar-refractivity contribution in [1.82, 2.24) is 0 Å². The first-order chi connectivity index (χ1) is 8.16. The van der Waals surface area contributed by atoms with E-state index in [1.54, 1.807) is 6.92 Å². The summed E-state index contributed by atoms with van der Waals surface area (Å²) in [7, 11) is -0.473. The van der Waals surface area contributed by atoms with Crippen molar-refractivity contribution in [2.24, 2.45) is 0 Å². The number of ether oxygens (including phenoxy) is 1. The molecule has 2 rings (SSSR count). The number of carbonyl (C=O) groups excluding carboxylic acids is 1. The van der Waals surface area contributed by atoms with E-state index in [-0.39, 0.29) is 6.61 Å². The van der Waals surface area contributed by atoms with Gasteiger partial charge in [0.1, 0.15) is 0 Å². The Morgan fingerprint density at radius 1 is 1.47 bits per heavy atom. The van der Waals surface area contributed by atoms with Gasteiger partial charge in [-0.25, -0.2) is 4.79 Å². The molecule has 17 heavy (non-hydrogen) atoms. The molecule has 1 heterocycles. The summed E-state index contributed by atoms with van der Waals surface area (Å²) in [6, 6.07) is 9.50. The smallest absolute Gasteiger partial charge is 0.431 e. The summed E-state index contributed by atoms with van der Waals surface area (Å²) >= 11 is 0. The molecule has 0 saturated carbocycles. The fraction of sp³-hybridized carbons (Fsp3) is 0.250. The van der Waals surface area contributed by atoms with Crippen LogP contribution in [0.3, 0.4) is 0 Å². The summed E-state index contributed by atoms with van der Waals surface area (Å²) in [5, 5.41) is 0. The van der Waals surface area contributed by atoms with E-state index in [0.29, 0.717) is 5.57 Å². The molecule has 5 heteroatoms. The number of hydrogen-bond donors (Lipinski definition) is 0. The predicted octanol–water partition coefficient (Wildman–Crippen LogP) is 0.874. The molecule has 0 bridgehead atoms. The minimum Gasteiger partial charge on any atom is -0.431 e. The van der Waals surface area contributed by atoms with Gasteiger partial charge in [-0.2, -0.15) is 0 Å². The standard InChI is InChI=1S/C12H13BO4/c1-9(2)12(14)16-11-8-15-13(17-11)10-6-4-3-5-7-10/h3-7,11H,1,8H2,2H3. The molecule has 1 fully saturated rings. The number of rotatable bonds is 3. The Morgan fingerprint density at radius 3 is 2.82 bits per heavy atom. The van der Waals surface area contributed by atoms with Gasteiger partial charge in [-0.05, 0) is 12.4 Å². The fourth-order valence-corrected chi connectivity index (χ4v) is 1.45. The van der Waals surface area contributed by atoms with Gasteiger partial charge >= 0.3 is 13.1 Å². The summed E-state index contributed by atoms with van der Waals surface area (Å²) in [5.74, 6) is -0.465. The molecule has 1 aliphatic heterocycles. The Hall–Kier alpha value is -1.59. The van der Waals surface area contributed by atoms with Crippen molar-refractivity contribution < 1.29 is 18.8 Å². The van der Waals surface area contributed by atoms with Crippen LogP contribution in [0.15, 0.2) is 42.5 Å². The van der Waals surface area contributed by atoms with E-state index in [4.69, 9.17) is 14.0 Å². The number of carbonyl (C=O) groups is 1. The quantitative estimate of drug-likeness (QED) is 0.440. The summed E-state index contributed by atoms with van der Waals surface area (Å²) < 4.78 is 15.9. The second-order valence-electron chi connectivity index (χ2n) is 3.83. The van der Waals surface area contributed by atoms with Gasteiger partial charge < -0.3 is 14.0 Å². The molecule has 88 valence electrons. The number of esters is 1. The largest absolute Gasteiger partial charge is 0.496 e. The molecular weight excluding hydrogens is 219 g/mol. The zero-order valence-corrected chi connectivity index (χ0v) is 9.59. The Kier molecular flexibility index (Phi) is 3.61. The van der Waals surface area contributed by atoms with E-state index in [0.717, 1.165) is 5.46 Å². The zero-order chi connectivity index (χ0) is 12.3. The van der Waals surface area contributed by atoms with Crippen molar-refractivity contribution in [3.63, 3.8) is 0 Å². The van der Waals surface area contributed by atoms with Crippen molar-refractivity contribution >= 4 is 18.6 Å². The van der Waals surface area contributed by atoms with Crippen molar-refractivity contribution in [2.75, 3.05) is 6.61 Å². The molecular formula is C12H13BO4. The topological polar surface area (TPSA) is 44.8 Å². The van der Waals surface area contributed by atoms with Crippen LogP contribution < -0.4 is 5.46 Å². The Balaban J connectivity index is 1.92. The highest BCUT2D eigenvalue weighted by Crippen LogP contribution is 2.11. The van der Waals surface area contributed by atoms with Crippen LogP contribution in [0.4, 0.5) is 0 Å². The van der Waals surface area contributed by atoms with Gasteiger partial charge in [-0.1, -0.05) is 36.9 Å². The maximum Gasteiger partial charge on any atom is 0.496 e. The van der Waals surface area contributed by atoms with Gasteiger partial charge in [0.2, 0.25) is 6.29 Å². The summed E-state index contributed by atoms with van der Waals surface area (Å²) in [4.78, 5) is 11.3. The molecule has 4 nitrogen and oxygen atoms in total. The molecule has 1 unspecified atom stereocenters. The highest BCUT2D eigenvalue weighted by molar-refractivity contribution is 6.61. The summed E-state index contributed by atoms with van der Waals surface area (Å²) in [6.07, 6.45) is -0.663. The molecule has 0 aliphatic carbocycles. The third-order valence-electron chi connectivity index (χ3n) is 2.32. The average molecular weight is 232 g/mol. The van der Waals surface area contributed by atoms with Gasteiger partial charge in [0.15, 0.2) is 0 Å². The lowest BCUT2D eigenvalue weighted by molar-refractivity contribution is -0.156. The molecule has 1 aromatic carbocycles. The van der Waals surface area contributed by atoms with Crippen LogP contribution >= 0.6 is 0 Å². The van der Waals surface area contributed by atoms with E-state index >= 15 is 0 Å². The minimum absolute atomic E-state index is 0.235.